The number of hydrogen-bond acceptors (Lipinski definition) is 6. The maximum atomic E-state index is 12.9. The Balaban J connectivity index is 1.48. The Morgan fingerprint density at radius 2 is 1.30 bits per heavy atom. The molecule has 0 spiro atoms. The molecule has 1 aliphatic rings. The zero-order chi connectivity index (χ0) is 23.9. The van der Waals surface area contributed by atoms with Gasteiger partial charge in [0, 0.05) is 0 Å². The number of ether oxygens (including phenoxy) is 2. The van der Waals surface area contributed by atoms with E-state index < -0.39 is 20.0 Å². The van der Waals surface area contributed by atoms with E-state index in [1.165, 1.54) is 16.4 Å². The second-order valence-corrected chi connectivity index (χ2v) is 11.3. The summed E-state index contributed by atoms with van der Waals surface area (Å²) < 4.78 is 65.6. The van der Waals surface area contributed by atoms with Crippen LogP contribution in [0.5, 0.6) is 11.5 Å². The molecule has 0 saturated carbocycles. The van der Waals surface area contributed by atoms with E-state index in [0.29, 0.717) is 57.4 Å². The molecule has 33 heavy (non-hydrogen) atoms. The fourth-order valence-corrected chi connectivity index (χ4v) is 6.12. The number of nitrogens with zero attached hydrogens (tertiary/aromatic N) is 1. The number of benzene rings is 2. The van der Waals surface area contributed by atoms with Crippen LogP contribution in [-0.4, -0.2) is 73.6 Å². The Bertz CT molecular complexity index is 1090. The molecule has 2 N–H and O–H groups in total. The zero-order valence-corrected chi connectivity index (χ0v) is 20.6. The van der Waals surface area contributed by atoms with Gasteiger partial charge in [-0.1, -0.05) is 0 Å². The van der Waals surface area contributed by atoms with Crippen molar-refractivity contribution in [2.24, 2.45) is 0 Å². The lowest BCUT2D eigenvalue weighted by Crippen LogP contribution is -3.15. The van der Waals surface area contributed by atoms with Gasteiger partial charge in [0.25, 0.3) is 0 Å². The largest absolute Gasteiger partial charge is 0.494 e. The highest BCUT2D eigenvalue weighted by Crippen LogP contribution is 2.20. The van der Waals surface area contributed by atoms with Crippen LogP contribution in [0.25, 0.3) is 0 Å². The van der Waals surface area contributed by atoms with Crippen molar-refractivity contribution in [1.29, 1.82) is 0 Å². The second-order valence-electron chi connectivity index (χ2n) is 7.61. The molecule has 0 bridgehead atoms. The summed E-state index contributed by atoms with van der Waals surface area (Å²) in [4.78, 5) is 1.59. The average Bonchev–Trinajstić information content (AvgIpc) is 2.80. The lowest BCUT2D eigenvalue weighted by molar-refractivity contribution is -0.902. The lowest BCUT2D eigenvalue weighted by atomic mass is 10.3. The smallest absolute Gasteiger partial charge is 0.243 e. The molecule has 182 valence electrons. The van der Waals surface area contributed by atoms with E-state index >= 15 is 0 Å². The molecule has 9 nitrogen and oxygen atoms in total. The second kappa shape index (κ2) is 11.3. The first-order valence-corrected chi connectivity index (χ1v) is 14.0. The molecule has 0 atom stereocenters. The Kier molecular flexibility index (Phi) is 8.71. The topological polar surface area (TPSA) is 106 Å². The summed E-state index contributed by atoms with van der Waals surface area (Å²) in [6, 6.07) is 12.8. The van der Waals surface area contributed by atoms with Gasteiger partial charge in [-0.3, -0.25) is 0 Å². The summed E-state index contributed by atoms with van der Waals surface area (Å²) in [5.41, 5.74) is 0. The Hall–Kier alpha value is -2.18. The Labute approximate surface area is 196 Å². The van der Waals surface area contributed by atoms with E-state index in [0.717, 1.165) is 4.90 Å². The summed E-state index contributed by atoms with van der Waals surface area (Å²) in [7, 11) is -7.17. The first kappa shape index (κ1) is 25.4. The summed E-state index contributed by atoms with van der Waals surface area (Å²) in [5.74, 6) is 1.26. The molecule has 11 heteroatoms. The highest BCUT2D eigenvalue weighted by molar-refractivity contribution is 7.89. The van der Waals surface area contributed by atoms with Crippen molar-refractivity contribution in [3.8, 4) is 11.5 Å². The van der Waals surface area contributed by atoms with Crippen LogP contribution >= 0.6 is 0 Å². The number of piperazine rings is 1. The van der Waals surface area contributed by atoms with E-state index in [2.05, 4.69) is 4.72 Å². The van der Waals surface area contributed by atoms with E-state index in [1.807, 2.05) is 13.8 Å². The maximum absolute atomic E-state index is 12.9. The van der Waals surface area contributed by atoms with E-state index in [-0.39, 0.29) is 16.3 Å². The molecular formula is C22H32N3O6S2+. The van der Waals surface area contributed by atoms with E-state index in [1.54, 1.807) is 36.4 Å². The van der Waals surface area contributed by atoms with E-state index in [9.17, 15) is 16.8 Å². The van der Waals surface area contributed by atoms with Crippen molar-refractivity contribution in [2.75, 3.05) is 52.5 Å². The van der Waals surface area contributed by atoms with Crippen molar-refractivity contribution in [3.63, 3.8) is 0 Å². The Morgan fingerprint density at radius 1 is 0.818 bits per heavy atom. The van der Waals surface area contributed by atoms with Crippen LogP contribution in [0.4, 0.5) is 0 Å². The molecule has 1 fully saturated rings. The van der Waals surface area contributed by atoms with Crippen LogP contribution in [0.2, 0.25) is 0 Å². The van der Waals surface area contributed by atoms with Gasteiger partial charge >= 0.3 is 0 Å². The highest BCUT2D eigenvalue weighted by Gasteiger charge is 2.30. The van der Waals surface area contributed by atoms with Crippen molar-refractivity contribution in [2.45, 2.75) is 23.6 Å². The highest BCUT2D eigenvalue weighted by atomic mass is 32.2. The van der Waals surface area contributed by atoms with E-state index in [4.69, 9.17) is 9.47 Å². The fourth-order valence-electron chi connectivity index (χ4n) is 3.64. The number of quaternary nitrogens is 1. The van der Waals surface area contributed by atoms with Gasteiger partial charge in [-0.05, 0) is 62.4 Å². The van der Waals surface area contributed by atoms with Gasteiger partial charge in [0.1, 0.15) is 11.5 Å². The van der Waals surface area contributed by atoms with Gasteiger partial charge in [0.05, 0.1) is 62.3 Å². The number of sulfonamides is 2. The van der Waals surface area contributed by atoms with Crippen LogP contribution < -0.4 is 19.1 Å². The summed E-state index contributed by atoms with van der Waals surface area (Å²) in [6.07, 6.45) is 0. The molecule has 1 heterocycles. The van der Waals surface area contributed by atoms with Gasteiger partial charge in [-0.2, -0.15) is 4.31 Å². The normalized spacial score (nSPS) is 15.9. The average molecular weight is 499 g/mol. The van der Waals surface area contributed by atoms with Crippen molar-refractivity contribution < 1.29 is 31.2 Å². The van der Waals surface area contributed by atoms with Crippen LogP contribution in [0.15, 0.2) is 58.3 Å². The molecule has 2 aromatic rings. The van der Waals surface area contributed by atoms with Crippen LogP contribution in [0.1, 0.15) is 13.8 Å². The predicted molar refractivity (Wildman–Crippen MR) is 125 cm³/mol. The molecule has 0 unspecified atom stereocenters. The molecule has 0 aromatic heterocycles. The first-order valence-electron chi connectivity index (χ1n) is 11.1. The summed E-state index contributed by atoms with van der Waals surface area (Å²) in [5, 5.41) is 0. The quantitative estimate of drug-likeness (QED) is 0.463. The summed E-state index contributed by atoms with van der Waals surface area (Å²) in [6.45, 7) is 7.62. The van der Waals surface area contributed by atoms with Crippen LogP contribution in [0, 0.1) is 0 Å². The first-order chi connectivity index (χ1) is 15.8. The third-order valence-corrected chi connectivity index (χ3v) is 8.81. The summed E-state index contributed by atoms with van der Waals surface area (Å²) >= 11 is 0. The molecule has 3 rings (SSSR count). The Morgan fingerprint density at radius 3 is 1.79 bits per heavy atom. The number of rotatable bonds is 11. The van der Waals surface area contributed by atoms with Crippen molar-refractivity contribution in [3.05, 3.63) is 48.5 Å². The molecule has 1 saturated heterocycles. The van der Waals surface area contributed by atoms with Crippen LogP contribution in [-0.2, 0) is 20.0 Å². The van der Waals surface area contributed by atoms with Crippen molar-refractivity contribution >= 4 is 20.0 Å². The molecule has 0 aliphatic carbocycles. The fraction of sp³-hybridized carbons (Fsp3) is 0.455. The monoisotopic (exact) mass is 498 g/mol. The van der Waals surface area contributed by atoms with Crippen molar-refractivity contribution in [1.82, 2.24) is 9.03 Å². The molecule has 0 radical (unpaired) electrons. The minimum Gasteiger partial charge on any atom is -0.494 e. The minimum atomic E-state index is -3.61. The minimum absolute atomic E-state index is 0.187. The predicted octanol–water partition coefficient (Wildman–Crippen LogP) is 0.352. The third kappa shape index (κ3) is 6.67. The van der Waals surface area contributed by atoms with Gasteiger partial charge in [0.15, 0.2) is 0 Å². The number of hydrogen-bond donors (Lipinski definition) is 2. The molecule has 1 aliphatic heterocycles. The van der Waals surface area contributed by atoms with Gasteiger partial charge in [0.2, 0.25) is 20.0 Å². The SMILES string of the molecule is CCOc1ccc(S(=O)(=O)NCC[NH+]2CCN(S(=O)(=O)c3ccc(OCC)cc3)CC2)cc1. The van der Waals surface area contributed by atoms with Gasteiger partial charge in [-0.25, -0.2) is 21.6 Å². The third-order valence-electron chi connectivity index (χ3n) is 5.42. The van der Waals surface area contributed by atoms with Gasteiger partial charge < -0.3 is 14.4 Å². The number of nitrogens with one attached hydrogen (secondary N) is 2. The molecule has 2 aromatic carbocycles. The van der Waals surface area contributed by atoms with Gasteiger partial charge in [-0.15, -0.1) is 0 Å². The molecular weight excluding hydrogens is 466 g/mol. The zero-order valence-electron chi connectivity index (χ0n) is 19.0. The standard InChI is InChI=1S/C22H31N3O6S2/c1-3-30-19-5-9-21(10-6-19)32(26,27)23-13-14-24-15-17-25(18-16-24)33(28,29)22-11-7-20(8-12-22)31-4-2/h5-12,23H,3-4,13-18H2,1-2H3/p+1. The molecule has 0 amide bonds. The maximum Gasteiger partial charge on any atom is 0.243 e. The van der Waals surface area contributed by atoms with Crippen LogP contribution in [0.3, 0.4) is 0 Å². The lowest BCUT2D eigenvalue weighted by Gasteiger charge is -2.31.